The van der Waals surface area contributed by atoms with Gasteiger partial charge >= 0.3 is 6.18 Å². The topological polar surface area (TPSA) is 12.0 Å². The summed E-state index contributed by atoms with van der Waals surface area (Å²) >= 11 is 3.33. The maximum Gasteiger partial charge on any atom is 0.416 e. The zero-order valence-electron chi connectivity index (χ0n) is 11.0. The van der Waals surface area contributed by atoms with Crippen LogP contribution in [0.15, 0.2) is 46.9 Å². The molecule has 1 N–H and O–H groups in total. The van der Waals surface area contributed by atoms with Gasteiger partial charge in [-0.3, -0.25) is 0 Å². The SMILES string of the molecule is CNC(c1ccc(C(F)(F)F)cc1)c1cc(F)ccc1Br. The van der Waals surface area contributed by atoms with Gasteiger partial charge in [0.15, 0.2) is 0 Å². The first-order valence-corrected chi connectivity index (χ1v) is 6.91. The normalized spacial score (nSPS) is 13.2. The van der Waals surface area contributed by atoms with Crippen LogP contribution < -0.4 is 5.32 Å². The van der Waals surface area contributed by atoms with Crippen molar-refractivity contribution in [1.29, 1.82) is 0 Å². The van der Waals surface area contributed by atoms with Gasteiger partial charge in [-0.1, -0.05) is 28.1 Å². The number of nitrogens with one attached hydrogen (secondary N) is 1. The average molecular weight is 362 g/mol. The standard InChI is InChI=1S/C15H12BrF4N/c1-21-14(12-8-11(17)6-7-13(12)16)9-2-4-10(5-3-9)15(18,19)20/h2-8,14,21H,1H3. The van der Waals surface area contributed by atoms with Crippen LogP contribution in [0, 0.1) is 5.82 Å². The third-order valence-corrected chi connectivity index (χ3v) is 3.85. The van der Waals surface area contributed by atoms with Crippen molar-refractivity contribution in [3.05, 3.63) is 69.4 Å². The molecule has 1 atom stereocenters. The molecule has 0 aliphatic carbocycles. The fourth-order valence-electron chi connectivity index (χ4n) is 2.10. The summed E-state index contributed by atoms with van der Waals surface area (Å²) in [6.45, 7) is 0. The first-order chi connectivity index (χ1) is 9.82. The van der Waals surface area contributed by atoms with Gasteiger partial charge in [-0.2, -0.15) is 13.2 Å². The van der Waals surface area contributed by atoms with Crippen molar-refractivity contribution in [3.8, 4) is 0 Å². The van der Waals surface area contributed by atoms with Crippen LogP contribution >= 0.6 is 15.9 Å². The number of hydrogen-bond acceptors (Lipinski definition) is 1. The van der Waals surface area contributed by atoms with E-state index in [1.807, 2.05) is 0 Å². The van der Waals surface area contributed by atoms with E-state index in [0.29, 0.717) is 15.6 Å². The highest BCUT2D eigenvalue weighted by atomic mass is 79.9. The highest BCUT2D eigenvalue weighted by Gasteiger charge is 2.30. The van der Waals surface area contributed by atoms with Crippen molar-refractivity contribution in [3.63, 3.8) is 0 Å². The average Bonchev–Trinajstić information content (AvgIpc) is 2.43. The Morgan fingerprint density at radius 1 is 1.05 bits per heavy atom. The lowest BCUT2D eigenvalue weighted by Crippen LogP contribution is -2.18. The molecule has 0 spiro atoms. The van der Waals surface area contributed by atoms with E-state index in [1.165, 1.54) is 24.3 Å². The molecular formula is C15H12BrF4N. The van der Waals surface area contributed by atoms with Crippen LogP contribution in [0.2, 0.25) is 0 Å². The number of benzene rings is 2. The van der Waals surface area contributed by atoms with Gasteiger partial charge in [0.1, 0.15) is 5.82 Å². The lowest BCUT2D eigenvalue weighted by Gasteiger charge is -2.19. The summed E-state index contributed by atoms with van der Waals surface area (Å²) < 4.78 is 51.8. The predicted octanol–water partition coefficient (Wildman–Crippen LogP) is 4.92. The zero-order valence-corrected chi connectivity index (χ0v) is 12.6. The zero-order chi connectivity index (χ0) is 15.6. The molecule has 0 bridgehead atoms. The highest BCUT2D eigenvalue weighted by Crippen LogP contribution is 2.32. The lowest BCUT2D eigenvalue weighted by molar-refractivity contribution is -0.137. The van der Waals surface area contributed by atoms with Crippen LogP contribution in [0.5, 0.6) is 0 Å². The fraction of sp³-hybridized carbons (Fsp3) is 0.200. The number of rotatable bonds is 3. The van der Waals surface area contributed by atoms with E-state index in [0.717, 1.165) is 12.1 Å². The van der Waals surface area contributed by atoms with Crippen LogP contribution in [0.3, 0.4) is 0 Å². The molecule has 21 heavy (non-hydrogen) atoms. The maximum absolute atomic E-state index is 13.4. The van der Waals surface area contributed by atoms with Gasteiger partial charge < -0.3 is 5.32 Å². The van der Waals surface area contributed by atoms with Crippen molar-refractivity contribution < 1.29 is 17.6 Å². The molecule has 0 radical (unpaired) electrons. The van der Waals surface area contributed by atoms with Crippen LogP contribution in [0.1, 0.15) is 22.7 Å². The van der Waals surface area contributed by atoms with Crippen LogP contribution in [0.25, 0.3) is 0 Å². The molecule has 0 aromatic heterocycles. The molecular weight excluding hydrogens is 350 g/mol. The molecule has 2 aromatic rings. The second-order valence-corrected chi connectivity index (χ2v) is 5.36. The molecule has 0 saturated carbocycles. The van der Waals surface area contributed by atoms with E-state index in [2.05, 4.69) is 21.2 Å². The third kappa shape index (κ3) is 3.63. The number of alkyl halides is 3. The highest BCUT2D eigenvalue weighted by molar-refractivity contribution is 9.10. The Kier molecular flexibility index (Phi) is 4.68. The van der Waals surface area contributed by atoms with E-state index in [1.54, 1.807) is 13.1 Å². The van der Waals surface area contributed by atoms with Gasteiger partial charge in [0.2, 0.25) is 0 Å². The predicted molar refractivity (Wildman–Crippen MR) is 76.4 cm³/mol. The first-order valence-electron chi connectivity index (χ1n) is 6.12. The minimum Gasteiger partial charge on any atom is -0.309 e. The van der Waals surface area contributed by atoms with Crippen molar-refractivity contribution >= 4 is 15.9 Å². The molecule has 6 heteroatoms. The van der Waals surface area contributed by atoms with E-state index >= 15 is 0 Å². The van der Waals surface area contributed by atoms with Crippen molar-refractivity contribution in [2.45, 2.75) is 12.2 Å². The molecule has 0 aliphatic heterocycles. The Balaban J connectivity index is 2.40. The molecule has 0 saturated heterocycles. The Morgan fingerprint density at radius 2 is 1.67 bits per heavy atom. The molecule has 1 unspecified atom stereocenters. The Bertz CT molecular complexity index is 623. The molecule has 1 nitrogen and oxygen atoms in total. The number of hydrogen-bond donors (Lipinski definition) is 1. The van der Waals surface area contributed by atoms with Gasteiger partial charge in [-0.05, 0) is 48.5 Å². The summed E-state index contributed by atoms with van der Waals surface area (Å²) in [7, 11) is 1.67. The molecule has 0 heterocycles. The van der Waals surface area contributed by atoms with E-state index < -0.39 is 23.6 Å². The van der Waals surface area contributed by atoms with Crippen LogP contribution in [0.4, 0.5) is 17.6 Å². The Labute approximate surface area is 128 Å². The molecule has 0 aliphatic rings. The minimum absolute atomic E-state index is 0.402. The summed E-state index contributed by atoms with van der Waals surface area (Å²) in [4.78, 5) is 0. The monoisotopic (exact) mass is 361 g/mol. The summed E-state index contributed by atoms with van der Waals surface area (Å²) in [5.74, 6) is -0.402. The van der Waals surface area contributed by atoms with Gasteiger partial charge in [-0.15, -0.1) is 0 Å². The van der Waals surface area contributed by atoms with E-state index in [9.17, 15) is 17.6 Å². The molecule has 2 rings (SSSR count). The third-order valence-electron chi connectivity index (χ3n) is 3.13. The Morgan fingerprint density at radius 3 is 2.19 bits per heavy atom. The molecule has 112 valence electrons. The van der Waals surface area contributed by atoms with Crippen molar-refractivity contribution in [2.75, 3.05) is 7.05 Å². The van der Waals surface area contributed by atoms with Gasteiger partial charge in [-0.25, -0.2) is 4.39 Å². The summed E-state index contributed by atoms with van der Waals surface area (Å²) in [5, 5.41) is 2.98. The summed E-state index contributed by atoms with van der Waals surface area (Å²) in [6, 6.07) is 8.65. The van der Waals surface area contributed by atoms with Crippen molar-refractivity contribution in [2.24, 2.45) is 0 Å². The Hall–Kier alpha value is -1.40. The van der Waals surface area contributed by atoms with Gasteiger partial charge in [0.05, 0.1) is 11.6 Å². The summed E-state index contributed by atoms with van der Waals surface area (Å²) in [5.41, 5.74) is 0.536. The van der Waals surface area contributed by atoms with Gasteiger partial charge in [0, 0.05) is 4.47 Å². The minimum atomic E-state index is -4.37. The molecule has 0 fully saturated rings. The fourth-order valence-corrected chi connectivity index (χ4v) is 2.58. The second-order valence-electron chi connectivity index (χ2n) is 4.51. The first kappa shape index (κ1) is 16.0. The number of halogens is 5. The maximum atomic E-state index is 13.4. The van der Waals surface area contributed by atoms with Crippen LogP contribution in [-0.4, -0.2) is 7.05 Å². The molecule has 0 amide bonds. The quantitative estimate of drug-likeness (QED) is 0.765. The largest absolute Gasteiger partial charge is 0.416 e. The van der Waals surface area contributed by atoms with Crippen LogP contribution in [-0.2, 0) is 6.18 Å². The van der Waals surface area contributed by atoms with Gasteiger partial charge in [0.25, 0.3) is 0 Å². The lowest BCUT2D eigenvalue weighted by atomic mass is 9.97. The second kappa shape index (κ2) is 6.15. The smallest absolute Gasteiger partial charge is 0.309 e. The summed E-state index contributed by atoms with van der Waals surface area (Å²) in [6.07, 6.45) is -4.37. The molecule has 2 aromatic carbocycles. The van der Waals surface area contributed by atoms with E-state index in [-0.39, 0.29) is 0 Å². The van der Waals surface area contributed by atoms with Crippen molar-refractivity contribution in [1.82, 2.24) is 5.32 Å². The van der Waals surface area contributed by atoms with E-state index in [4.69, 9.17) is 0 Å².